The third-order valence-electron chi connectivity index (χ3n) is 1.72. The first-order valence-corrected chi connectivity index (χ1v) is 4.86. The summed E-state index contributed by atoms with van der Waals surface area (Å²) in [5.74, 6) is -0.422. The van der Waals surface area contributed by atoms with E-state index in [1.807, 2.05) is 12.1 Å². The maximum atomic E-state index is 11.0. The Balaban J connectivity index is 0. The number of esters is 1. The molecule has 1 aromatic rings. The predicted octanol–water partition coefficient (Wildman–Crippen LogP) is 1.73. The molecule has 0 saturated carbocycles. The van der Waals surface area contributed by atoms with Crippen LogP contribution in [0, 0.1) is 0 Å². The lowest BCUT2D eigenvalue weighted by Gasteiger charge is -2.07. The van der Waals surface area contributed by atoms with Crippen LogP contribution in [0.25, 0.3) is 0 Å². The van der Waals surface area contributed by atoms with Crippen molar-refractivity contribution in [3.05, 3.63) is 28.5 Å². The smallest absolute Gasteiger partial charge is 0.323 e. The number of carbonyl (C=O) groups excluding carboxylic acids is 1. The number of rotatable bonds is 3. The Morgan fingerprint density at radius 3 is 2.62 bits per heavy atom. The molecule has 0 aliphatic carbocycles. The standard InChI is InChI=1S/C9H11BrN2O2.2ClH/c1-14-9(13)8(11)4-7-3-2-6(10)5-12-7;;/h2-3,5,8H,4,11H2,1H3;2*1H/t8-;;/m0../s1. The molecule has 1 aromatic heterocycles. The third-order valence-corrected chi connectivity index (χ3v) is 2.19. The summed E-state index contributed by atoms with van der Waals surface area (Å²) >= 11 is 3.27. The van der Waals surface area contributed by atoms with E-state index in [9.17, 15) is 4.79 Å². The number of hydrogen-bond acceptors (Lipinski definition) is 4. The van der Waals surface area contributed by atoms with Crippen LogP contribution in [0.4, 0.5) is 0 Å². The quantitative estimate of drug-likeness (QED) is 0.857. The van der Waals surface area contributed by atoms with Crippen LogP contribution in [0.15, 0.2) is 22.8 Å². The van der Waals surface area contributed by atoms with E-state index in [-0.39, 0.29) is 24.8 Å². The number of aromatic nitrogens is 1. The van der Waals surface area contributed by atoms with Crippen molar-refractivity contribution in [3.8, 4) is 0 Å². The molecule has 0 amide bonds. The molecule has 0 aromatic carbocycles. The van der Waals surface area contributed by atoms with Gasteiger partial charge in [-0.15, -0.1) is 24.8 Å². The maximum Gasteiger partial charge on any atom is 0.323 e. The van der Waals surface area contributed by atoms with Gasteiger partial charge in [0.1, 0.15) is 6.04 Å². The summed E-state index contributed by atoms with van der Waals surface area (Å²) in [7, 11) is 1.32. The lowest BCUT2D eigenvalue weighted by Crippen LogP contribution is -2.33. The molecule has 92 valence electrons. The van der Waals surface area contributed by atoms with Crippen LogP contribution in [0.5, 0.6) is 0 Å². The maximum absolute atomic E-state index is 11.0. The van der Waals surface area contributed by atoms with Crippen LogP contribution in [-0.2, 0) is 16.0 Å². The lowest BCUT2D eigenvalue weighted by molar-refractivity contribution is -0.142. The predicted molar refractivity (Wildman–Crippen MR) is 70.1 cm³/mol. The minimum Gasteiger partial charge on any atom is -0.468 e. The van der Waals surface area contributed by atoms with Crippen molar-refractivity contribution in [2.75, 3.05) is 7.11 Å². The molecule has 1 atom stereocenters. The number of pyridine rings is 1. The van der Waals surface area contributed by atoms with Crippen LogP contribution in [-0.4, -0.2) is 24.1 Å². The SMILES string of the molecule is COC(=O)[C@@H](N)Cc1ccc(Br)cn1.Cl.Cl. The van der Waals surface area contributed by atoms with Crippen LogP contribution in [0.3, 0.4) is 0 Å². The van der Waals surface area contributed by atoms with Crippen molar-refractivity contribution in [2.45, 2.75) is 12.5 Å². The van der Waals surface area contributed by atoms with Crippen LogP contribution in [0.2, 0.25) is 0 Å². The van der Waals surface area contributed by atoms with Gasteiger partial charge in [0.05, 0.1) is 7.11 Å². The Hall–Kier alpha value is -0.360. The lowest BCUT2D eigenvalue weighted by atomic mass is 10.1. The minimum absolute atomic E-state index is 0. The summed E-state index contributed by atoms with van der Waals surface area (Å²) in [6.07, 6.45) is 2.05. The van der Waals surface area contributed by atoms with Gasteiger partial charge in [0.25, 0.3) is 0 Å². The number of methoxy groups -OCH3 is 1. The van der Waals surface area contributed by atoms with Crippen molar-refractivity contribution in [1.82, 2.24) is 4.98 Å². The van der Waals surface area contributed by atoms with E-state index in [4.69, 9.17) is 5.73 Å². The van der Waals surface area contributed by atoms with E-state index in [1.54, 1.807) is 6.20 Å². The first-order chi connectivity index (χ1) is 6.63. The zero-order valence-corrected chi connectivity index (χ0v) is 11.8. The summed E-state index contributed by atoms with van der Waals surface area (Å²) in [5.41, 5.74) is 6.34. The Bertz CT molecular complexity index is 322. The molecule has 7 heteroatoms. The molecule has 0 spiro atoms. The number of nitrogens with zero attached hydrogens (tertiary/aromatic N) is 1. The number of hydrogen-bond donors (Lipinski definition) is 1. The first kappa shape index (κ1) is 18.0. The molecule has 0 bridgehead atoms. The van der Waals surface area contributed by atoms with E-state index in [0.29, 0.717) is 6.42 Å². The molecule has 16 heavy (non-hydrogen) atoms. The van der Waals surface area contributed by atoms with Gasteiger partial charge in [-0.2, -0.15) is 0 Å². The van der Waals surface area contributed by atoms with Crippen molar-refractivity contribution >= 4 is 46.7 Å². The van der Waals surface area contributed by atoms with Gasteiger partial charge in [0, 0.05) is 22.8 Å². The molecule has 0 fully saturated rings. The molecule has 0 radical (unpaired) electrons. The molecule has 0 aliphatic heterocycles. The molecule has 2 N–H and O–H groups in total. The van der Waals surface area contributed by atoms with Gasteiger partial charge in [-0.05, 0) is 28.1 Å². The van der Waals surface area contributed by atoms with E-state index >= 15 is 0 Å². The summed E-state index contributed by atoms with van der Waals surface area (Å²) in [5, 5.41) is 0. The zero-order valence-electron chi connectivity index (χ0n) is 8.55. The van der Waals surface area contributed by atoms with E-state index in [1.165, 1.54) is 7.11 Å². The topological polar surface area (TPSA) is 65.2 Å². The van der Waals surface area contributed by atoms with Crippen LogP contribution in [0.1, 0.15) is 5.69 Å². The van der Waals surface area contributed by atoms with Crippen molar-refractivity contribution < 1.29 is 9.53 Å². The molecule has 1 heterocycles. The number of halogens is 3. The van der Waals surface area contributed by atoms with Crippen molar-refractivity contribution in [1.29, 1.82) is 0 Å². The molecular formula is C9H13BrCl2N2O2. The number of nitrogens with two attached hydrogens (primary N) is 1. The van der Waals surface area contributed by atoms with Crippen LogP contribution < -0.4 is 5.73 Å². The third kappa shape index (κ3) is 5.65. The molecule has 0 saturated heterocycles. The summed E-state index contributed by atoms with van der Waals surface area (Å²) in [6, 6.07) is 3.02. The number of ether oxygens (including phenoxy) is 1. The first-order valence-electron chi connectivity index (χ1n) is 4.07. The molecule has 0 aliphatic rings. The fraction of sp³-hybridized carbons (Fsp3) is 0.333. The largest absolute Gasteiger partial charge is 0.468 e. The van der Waals surface area contributed by atoms with Gasteiger partial charge in [-0.25, -0.2) is 0 Å². The van der Waals surface area contributed by atoms with Crippen LogP contribution >= 0.6 is 40.7 Å². The average Bonchev–Trinajstić information content (AvgIpc) is 2.20. The molecular weight excluding hydrogens is 319 g/mol. The van der Waals surface area contributed by atoms with Crippen molar-refractivity contribution in [2.24, 2.45) is 5.73 Å². The molecule has 1 rings (SSSR count). The van der Waals surface area contributed by atoms with E-state index in [2.05, 4.69) is 25.7 Å². The summed E-state index contributed by atoms with van der Waals surface area (Å²) < 4.78 is 5.40. The Morgan fingerprint density at radius 1 is 1.56 bits per heavy atom. The highest BCUT2D eigenvalue weighted by atomic mass is 79.9. The monoisotopic (exact) mass is 330 g/mol. The van der Waals surface area contributed by atoms with Gasteiger partial charge in [-0.1, -0.05) is 0 Å². The Morgan fingerprint density at radius 2 is 2.19 bits per heavy atom. The van der Waals surface area contributed by atoms with Gasteiger partial charge < -0.3 is 10.5 Å². The van der Waals surface area contributed by atoms with E-state index < -0.39 is 12.0 Å². The average molecular weight is 332 g/mol. The van der Waals surface area contributed by atoms with Gasteiger partial charge in [-0.3, -0.25) is 9.78 Å². The summed E-state index contributed by atoms with van der Waals surface area (Å²) in [4.78, 5) is 15.1. The second-order valence-electron chi connectivity index (χ2n) is 2.80. The normalized spacial score (nSPS) is 10.7. The summed E-state index contributed by atoms with van der Waals surface area (Å²) in [6.45, 7) is 0. The minimum atomic E-state index is -0.645. The van der Waals surface area contributed by atoms with Gasteiger partial charge in [0.2, 0.25) is 0 Å². The molecule has 4 nitrogen and oxygen atoms in total. The van der Waals surface area contributed by atoms with Gasteiger partial charge >= 0.3 is 5.97 Å². The zero-order chi connectivity index (χ0) is 10.6. The molecule has 0 unspecified atom stereocenters. The highest BCUT2D eigenvalue weighted by molar-refractivity contribution is 9.10. The second-order valence-corrected chi connectivity index (χ2v) is 3.72. The Labute approximate surface area is 115 Å². The van der Waals surface area contributed by atoms with E-state index in [0.717, 1.165) is 10.2 Å². The number of carbonyl (C=O) groups is 1. The fourth-order valence-electron chi connectivity index (χ4n) is 0.987. The Kier molecular flexibility index (Phi) is 9.86. The fourth-order valence-corrected chi connectivity index (χ4v) is 1.22. The van der Waals surface area contributed by atoms with Gasteiger partial charge in [0.15, 0.2) is 0 Å². The highest BCUT2D eigenvalue weighted by Gasteiger charge is 2.14. The highest BCUT2D eigenvalue weighted by Crippen LogP contribution is 2.08. The van der Waals surface area contributed by atoms with Crippen molar-refractivity contribution in [3.63, 3.8) is 0 Å². The second kappa shape index (κ2) is 8.75.